The fraction of sp³-hybridized carbons (Fsp3) is 0.455. The van der Waals surface area contributed by atoms with Crippen LogP contribution in [0, 0.1) is 0 Å². The first-order valence-electron chi connectivity index (χ1n) is 5.01. The highest BCUT2D eigenvalue weighted by Crippen LogP contribution is 1.91. The van der Waals surface area contributed by atoms with Gasteiger partial charge in [0.25, 0.3) is 0 Å². The molecule has 1 heterocycles. The fourth-order valence-electron chi connectivity index (χ4n) is 1.13. The van der Waals surface area contributed by atoms with Crippen molar-refractivity contribution in [2.45, 2.75) is 26.9 Å². The molecule has 0 spiro atoms. The molecule has 0 radical (unpaired) electrons. The van der Waals surface area contributed by atoms with Gasteiger partial charge in [-0.3, -0.25) is 0 Å². The molecule has 0 N–H and O–H groups in total. The van der Waals surface area contributed by atoms with Gasteiger partial charge >= 0.3 is 5.97 Å². The van der Waals surface area contributed by atoms with Gasteiger partial charge in [-0.05, 0) is 13.8 Å². The van der Waals surface area contributed by atoms with Crippen molar-refractivity contribution < 1.29 is 14.1 Å². The van der Waals surface area contributed by atoms with Crippen LogP contribution in [0.2, 0.25) is 0 Å². The summed E-state index contributed by atoms with van der Waals surface area (Å²) in [6.45, 7) is 9.22. The normalized spacial score (nSPS) is 10.0. The molecule has 1 aromatic rings. The van der Waals surface area contributed by atoms with E-state index in [4.69, 9.17) is 4.74 Å². The van der Waals surface area contributed by atoms with Crippen LogP contribution < -0.4 is 4.57 Å². The predicted octanol–water partition coefficient (Wildman–Crippen LogP) is 0.915. The maximum atomic E-state index is 11.1. The number of esters is 1. The van der Waals surface area contributed by atoms with E-state index < -0.39 is 0 Å². The molecule has 82 valence electrons. The lowest BCUT2D eigenvalue weighted by molar-refractivity contribution is -0.697. The second-order valence-electron chi connectivity index (χ2n) is 3.40. The number of nitrogens with zero attached hydrogens (tertiary/aromatic N) is 2. The smallest absolute Gasteiger partial charge is 0.333 e. The molecular weight excluding hydrogens is 192 g/mol. The van der Waals surface area contributed by atoms with Crippen molar-refractivity contribution in [3.8, 4) is 0 Å². The summed E-state index contributed by atoms with van der Waals surface area (Å²) in [5.41, 5.74) is 0.436. The minimum atomic E-state index is -0.328. The largest absolute Gasteiger partial charge is 0.458 e. The first-order chi connectivity index (χ1) is 7.13. The van der Waals surface area contributed by atoms with Crippen molar-refractivity contribution in [1.29, 1.82) is 0 Å². The van der Waals surface area contributed by atoms with Crippen LogP contribution in [-0.4, -0.2) is 17.1 Å². The topological polar surface area (TPSA) is 35.1 Å². The summed E-state index contributed by atoms with van der Waals surface area (Å²) in [7, 11) is 0. The Morgan fingerprint density at radius 2 is 2.33 bits per heavy atom. The molecule has 0 amide bonds. The second-order valence-corrected chi connectivity index (χ2v) is 3.40. The minimum absolute atomic E-state index is 0.328. The molecule has 4 nitrogen and oxygen atoms in total. The summed E-state index contributed by atoms with van der Waals surface area (Å²) in [5, 5.41) is 0. The third-order valence-electron chi connectivity index (χ3n) is 2.04. The first-order valence-corrected chi connectivity index (χ1v) is 5.01. The highest BCUT2D eigenvalue weighted by Gasteiger charge is 2.05. The van der Waals surface area contributed by atoms with Gasteiger partial charge in [0.1, 0.15) is 25.5 Å². The lowest BCUT2D eigenvalue weighted by atomic mass is 10.4. The van der Waals surface area contributed by atoms with Crippen molar-refractivity contribution in [1.82, 2.24) is 4.57 Å². The van der Waals surface area contributed by atoms with Crippen LogP contribution in [0.1, 0.15) is 13.8 Å². The van der Waals surface area contributed by atoms with Crippen LogP contribution in [-0.2, 0) is 22.6 Å². The van der Waals surface area contributed by atoms with E-state index in [-0.39, 0.29) is 5.97 Å². The molecule has 0 aromatic carbocycles. The zero-order valence-electron chi connectivity index (χ0n) is 9.27. The SMILES string of the molecule is C=C(C)C(=O)OCC[n+]1ccn(CC)c1. The van der Waals surface area contributed by atoms with Crippen molar-refractivity contribution in [3.63, 3.8) is 0 Å². The number of aryl methyl sites for hydroxylation is 1. The van der Waals surface area contributed by atoms with E-state index in [1.54, 1.807) is 6.92 Å². The zero-order valence-corrected chi connectivity index (χ0v) is 9.27. The van der Waals surface area contributed by atoms with E-state index in [0.29, 0.717) is 18.7 Å². The fourth-order valence-corrected chi connectivity index (χ4v) is 1.13. The van der Waals surface area contributed by atoms with Crippen LogP contribution in [0.3, 0.4) is 0 Å². The Bertz CT molecular complexity index is 355. The molecular formula is C11H17N2O2+. The van der Waals surface area contributed by atoms with Crippen LogP contribution in [0.5, 0.6) is 0 Å². The summed E-state index contributed by atoms with van der Waals surface area (Å²) in [4.78, 5) is 11.1. The Hall–Kier alpha value is -1.58. The monoisotopic (exact) mass is 209 g/mol. The number of aromatic nitrogens is 2. The van der Waals surface area contributed by atoms with E-state index in [1.807, 2.05) is 23.3 Å². The van der Waals surface area contributed by atoms with Crippen molar-refractivity contribution in [2.24, 2.45) is 0 Å². The Balaban J connectivity index is 2.31. The lowest BCUT2D eigenvalue weighted by Crippen LogP contribution is -2.34. The van der Waals surface area contributed by atoms with Gasteiger partial charge in [-0.15, -0.1) is 0 Å². The molecule has 0 bridgehead atoms. The zero-order chi connectivity index (χ0) is 11.3. The number of hydrogen-bond donors (Lipinski definition) is 0. The van der Waals surface area contributed by atoms with Gasteiger partial charge in [0.15, 0.2) is 0 Å². The van der Waals surface area contributed by atoms with Crippen molar-refractivity contribution in [3.05, 3.63) is 30.9 Å². The summed E-state index contributed by atoms with van der Waals surface area (Å²) in [6.07, 6.45) is 5.92. The van der Waals surface area contributed by atoms with E-state index in [1.165, 1.54) is 0 Å². The van der Waals surface area contributed by atoms with E-state index in [0.717, 1.165) is 6.54 Å². The van der Waals surface area contributed by atoms with Crippen LogP contribution in [0.15, 0.2) is 30.9 Å². The van der Waals surface area contributed by atoms with Gasteiger partial charge in [-0.1, -0.05) is 6.58 Å². The number of carbonyl (C=O) groups excluding carboxylic acids is 1. The van der Waals surface area contributed by atoms with E-state index in [9.17, 15) is 4.79 Å². The van der Waals surface area contributed by atoms with Gasteiger partial charge in [-0.2, -0.15) is 0 Å². The Kier molecular flexibility index (Phi) is 4.09. The summed E-state index contributed by atoms with van der Waals surface area (Å²) < 4.78 is 9.02. The molecule has 0 unspecified atom stereocenters. The average molecular weight is 209 g/mol. The highest BCUT2D eigenvalue weighted by atomic mass is 16.5. The minimum Gasteiger partial charge on any atom is -0.458 e. The lowest BCUT2D eigenvalue weighted by Gasteiger charge is -2.01. The van der Waals surface area contributed by atoms with Crippen LogP contribution in [0.25, 0.3) is 0 Å². The molecule has 0 saturated heterocycles. The maximum Gasteiger partial charge on any atom is 0.333 e. The van der Waals surface area contributed by atoms with Crippen LogP contribution >= 0.6 is 0 Å². The van der Waals surface area contributed by atoms with E-state index >= 15 is 0 Å². The summed E-state index contributed by atoms with van der Waals surface area (Å²) in [6, 6.07) is 0. The quantitative estimate of drug-likeness (QED) is 0.410. The van der Waals surface area contributed by atoms with Gasteiger partial charge in [0, 0.05) is 5.57 Å². The predicted molar refractivity (Wildman–Crippen MR) is 56.1 cm³/mol. The standard InChI is InChI=1S/C11H17N2O2/c1-4-12-5-6-13(9-12)7-8-15-11(14)10(2)3/h5-6,9H,2,4,7-8H2,1,3H3/q+1. The molecule has 4 heteroatoms. The van der Waals surface area contributed by atoms with Gasteiger partial charge in [-0.25, -0.2) is 13.9 Å². The molecule has 0 aliphatic rings. The molecule has 1 aromatic heterocycles. The molecule has 0 atom stereocenters. The first kappa shape index (κ1) is 11.5. The maximum absolute atomic E-state index is 11.1. The number of imidazole rings is 1. The molecule has 15 heavy (non-hydrogen) atoms. The van der Waals surface area contributed by atoms with Crippen molar-refractivity contribution in [2.75, 3.05) is 6.61 Å². The number of ether oxygens (including phenoxy) is 1. The van der Waals surface area contributed by atoms with Gasteiger partial charge in [0.2, 0.25) is 6.33 Å². The van der Waals surface area contributed by atoms with Gasteiger partial charge < -0.3 is 4.74 Å². The number of rotatable bonds is 5. The molecule has 0 aliphatic carbocycles. The Labute approximate surface area is 89.8 Å². The third kappa shape index (κ3) is 3.58. The average Bonchev–Trinajstić information content (AvgIpc) is 2.65. The summed E-state index contributed by atoms with van der Waals surface area (Å²) >= 11 is 0. The summed E-state index contributed by atoms with van der Waals surface area (Å²) in [5.74, 6) is -0.328. The number of carbonyl (C=O) groups is 1. The highest BCUT2D eigenvalue weighted by molar-refractivity contribution is 5.86. The van der Waals surface area contributed by atoms with Crippen LogP contribution in [0.4, 0.5) is 0 Å². The van der Waals surface area contributed by atoms with E-state index in [2.05, 4.69) is 18.1 Å². The molecule has 0 fully saturated rings. The third-order valence-corrected chi connectivity index (χ3v) is 2.04. The Morgan fingerprint density at radius 1 is 1.60 bits per heavy atom. The second kappa shape index (κ2) is 5.34. The molecule has 0 saturated carbocycles. The number of hydrogen-bond acceptors (Lipinski definition) is 2. The molecule has 1 rings (SSSR count). The molecule has 0 aliphatic heterocycles. The van der Waals surface area contributed by atoms with Gasteiger partial charge in [0.05, 0.1) is 6.54 Å². The Morgan fingerprint density at radius 3 is 2.87 bits per heavy atom. The van der Waals surface area contributed by atoms with Crippen molar-refractivity contribution >= 4 is 5.97 Å².